The molecule has 5 heteroatoms. The van der Waals surface area contributed by atoms with Crippen LogP contribution in [0.4, 0.5) is 0 Å². The molecule has 0 spiro atoms. The minimum absolute atomic E-state index is 0.00717. The van der Waals surface area contributed by atoms with Gasteiger partial charge in [-0.25, -0.2) is 0 Å². The molecular formula is C20H26N2O3. The van der Waals surface area contributed by atoms with Crippen LogP contribution in [-0.4, -0.2) is 32.0 Å². The Morgan fingerprint density at radius 1 is 0.920 bits per heavy atom. The highest BCUT2D eigenvalue weighted by Crippen LogP contribution is 2.25. The molecule has 0 aromatic heterocycles. The van der Waals surface area contributed by atoms with Crippen LogP contribution in [0.2, 0.25) is 0 Å². The number of nitrogens with one attached hydrogen (secondary N) is 2. The van der Waals surface area contributed by atoms with Crippen LogP contribution < -0.4 is 15.4 Å². The van der Waals surface area contributed by atoms with E-state index in [9.17, 15) is 9.59 Å². The molecule has 0 aliphatic rings. The maximum absolute atomic E-state index is 12.3. The lowest BCUT2D eigenvalue weighted by Gasteiger charge is -2.14. The number of fused-ring (bicyclic) bond motifs is 1. The highest BCUT2D eigenvalue weighted by Gasteiger charge is 2.15. The number of benzene rings is 2. The Morgan fingerprint density at radius 3 is 2.16 bits per heavy atom. The van der Waals surface area contributed by atoms with Gasteiger partial charge in [-0.2, -0.15) is 0 Å². The van der Waals surface area contributed by atoms with Crippen LogP contribution in [0.25, 0.3) is 10.8 Å². The zero-order chi connectivity index (χ0) is 18.4. The lowest BCUT2D eigenvalue weighted by molar-refractivity contribution is -0.125. The van der Waals surface area contributed by atoms with E-state index in [1.807, 2.05) is 57.2 Å². The van der Waals surface area contributed by atoms with E-state index < -0.39 is 0 Å². The number of carbonyl (C=O) groups is 2. The number of methoxy groups -OCH3 is 1. The lowest BCUT2D eigenvalue weighted by Crippen LogP contribution is -2.37. The first-order valence-corrected chi connectivity index (χ1v) is 8.55. The molecule has 0 aliphatic carbocycles. The number of amides is 2. The van der Waals surface area contributed by atoms with Crippen LogP contribution in [0, 0.1) is 5.92 Å². The number of ether oxygens (including phenoxy) is 1. The van der Waals surface area contributed by atoms with Gasteiger partial charge in [0.1, 0.15) is 5.75 Å². The van der Waals surface area contributed by atoms with E-state index in [0.717, 1.165) is 22.1 Å². The third kappa shape index (κ3) is 4.95. The fourth-order valence-corrected chi connectivity index (χ4v) is 2.52. The summed E-state index contributed by atoms with van der Waals surface area (Å²) in [7, 11) is 1.64. The minimum atomic E-state index is -0.257. The standard InChI is InChI=1S/C20H26N2O3/c1-13(2)19(23)21-9-10-22-20(24)14(3)15-5-6-17-12-18(25-4)8-7-16(17)11-15/h5-8,11-14H,9-10H2,1-4H3,(H,21,23)(H,22,24)/t14-/m0/s1. The van der Waals surface area contributed by atoms with Crippen molar-refractivity contribution in [3.8, 4) is 5.75 Å². The van der Waals surface area contributed by atoms with Crippen molar-refractivity contribution >= 4 is 22.6 Å². The van der Waals surface area contributed by atoms with Crippen LogP contribution in [0.5, 0.6) is 5.75 Å². The summed E-state index contributed by atoms with van der Waals surface area (Å²) in [6, 6.07) is 11.9. The summed E-state index contributed by atoms with van der Waals surface area (Å²) < 4.78 is 5.23. The van der Waals surface area contributed by atoms with E-state index in [-0.39, 0.29) is 23.7 Å². The van der Waals surface area contributed by atoms with Crippen molar-refractivity contribution in [2.75, 3.05) is 20.2 Å². The van der Waals surface area contributed by atoms with Crippen molar-refractivity contribution in [2.24, 2.45) is 5.92 Å². The molecule has 134 valence electrons. The van der Waals surface area contributed by atoms with Gasteiger partial charge in [0, 0.05) is 19.0 Å². The maximum atomic E-state index is 12.3. The molecule has 0 fully saturated rings. The Hall–Kier alpha value is -2.56. The van der Waals surface area contributed by atoms with Crippen LogP contribution in [0.15, 0.2) is 36.4 Å². The molecule has 0 unspecified atom stereocenters. The van der Waals surface area contributed by atoms with Crippen molar-refractivity contribution < 1.29 is 14.3 Å². The van der Waals surface area contributed by atoms with Gasteiger partial charge in [0.05, 0.1) is 13.0 Å². The summed E-state index contributed by atoms with van der Waals surface area (Å²) in [6.45, 7) is 6.42. The van der Waals surface area contributed by atoms with Crippen molar-refractivity contribution in [3.05, 3.63) is 42.0 Å². The molecule has 2 rings (SSSR count). The van der Waals surface area contributed by atoms with Gasteiger partial charge >= 0.3 is 0 Å². The predicted octanol–water partition coefficient (Wildman–Crippen LogP) is 2.84. The van der Waals surface area contributed by atoms with Crippen LogP contribution in [0.1, 0.15) is 32.3 Å². The highest BCUT2D eigenvalue weighted by molar-refractivity contribution is 5.88. The molecule has 0 saturated carbocycles. The monoisotopic (exact) mass is 342 g/mol. The van der Waals surface area contributed by atoms with E-state index in [0.29, 0.717) is 13.1 Å². The Labute approximate surface area is 148 Å². The number of hydrogen-bond acceptors (Lipinski definition) is 3. The molecule has 2 amide bonds. The second kappa shape index (κ2) is 8.51. The van der Waals surface area contributed by atoms with Crippen molar-refractivity contribution in [1.82, 2.24) is 10.6 Å². The predicted molar refractivity (Wildman–Crippen MR) is 99.8 cm³/mol. The third-order valence-electron chi connectivity index (χ3n) is 4.21. The summed E-state index contributed by atoms with van der Waals surface area (Å²) >= 11 is 0. The topological polar surface area (TPSA) is 67.4 Å². The average Bonchev–Trinajstić information content (AvgIpc) is 2.63. The Morgan fingerprint density at radius 2 is 1.52 bits per heavy atom. The molecule has 25 heavy (non-hydrogen) atoms. The van der Waals surface area contributed by atoms with Gasteiger partial charge in [0.2, 0.25) is 11.8 Å². The van der Waals surface area contributed by atoms with Crippen LogP contribution in [-0.2, 0) is 9.59 Å². The van der Waals surface area contributed by atoms with Crippen LogP contribution >= 0.6 is 0 Å². The van der Waals surface area contributed by atoms with E-state index in [4.69, 9.17) is 4.74 Å². The molecule has 2 aromatic carbocycles. The molecular weight excluding hydrogens is 316 g/mol. The molecule has 1 atom stereocenters. The van der Waals surface area contributed by atoms with E-state index >= 15 is 0 Å². The number of carbonyl (C=O) groups excluding carboxylic acids is 2. The van der Waals surface area contributed by atoms with Crippen molar-refractivity contribution in [3.63, 3.8) is 0 Å². The van der Waals surface area contributed by atoms with Gasteiger partial charge in [-0.3, -0.25) is 9.59 Å². The van der Waals surface area contributed by atoms with Crippen molar-refractivity contribution in [2.45, 2.75) is 26.7 Å². The fourth-order valence-electron chi connectivity index (χ4n) is 2.52. The Balaban J connectivity index is 1.95. The molecule has 5 nitrogen and oxygen atoms in total. The van der Waals surface area contributed by atoms with Gasteiger partial charge in [-0.15, -0.1) is 0 Å². The number of hydrogen-bond donors (Lipinski definition) is 2. The molecule has 0 bridgehead atoms. The third-order valence-corrected chi connectivity index (χ3v) is 4.21. The quantitative estimate of drug-likeness (QED) is 0.760. The maximum Gasteiger partial charge on any atom is 0.227 e. The van der Waals surface area contributed by atoms with E-state index in [2.05, 4.69) is 10.6 Å². The normalized spacial score (nSPS) is 12.0. The molecule has 2 aromatic rings. The molecule has 0 radical (unpaired) electrons. The average molecular weight is 342 g/mol. The highest BCUT2D eigenvalue weighted by atomic mass is 16.5. The largest absolute Gasteiger partial charge is 0.497 e. The van der Waals surface area contributed by atoms with Crippen molar-refractivity contribution in [1.29, 1.82) is 0 Å². The summed E-state index contributed by atoms with van der Waals surface area (Å²) in [5, 5.41) is 7.80. The minimum Gasteiger partial charge on any atom is -0.497 e. The SMILES string of the molecule is COc1ccc2cc([C@H](C)C(=O)NCCNC(=O)C(C)C)ccc2c1. The summed E-state index contributed by atoms with van der Waals surface area (Å²) in [5.41, 5.74) is 0.960. The smallest absolute Gasteiger partial charge is 0.227 e. The lowest BCUT2D eigenvalue weighted by atomic mass is 9.97. The van der Waals surface area contributed by atoms with Crippen LogP contribution in [0.3, 0.4) is 0 Å². The second-order valence-electron chi connectivity index (χ2n) is 6.43. The summed E-state index contributed by atoms with van der Waals surface area (Å²) in [5.74, 6) is 0.451. The zero-order valence-electron chi connectivity index (χ0n) is 15.3. The zero-order valence-corrected chi connectivity index (χ0v) is 15.3. The first-order chi connectivity index (χ1) is 11.9. The molecule has 2 N–H and O–H groups in total. The van der Waals surface area contributed by atoms with Gasteiger partial charge in [0.25, 0.3) is 0 Å². The molecule has 0 heterocycles. The van der Waals surface area contributed by atoms with Gasteiger partial charge in [-0.1, -0.05) is 38.1 Å². The summed E-state index contributed by atoms with van der Waals surface area (Å²) in [4.78, 5) is 23.8. The first kappa shape index (κ1) is 18.8. The van der Waals surface area contributed by atoms with E-state index in [1.54, 1.807) is 7.11 Å². The van der Waals surface area contributed by atoms with E-state index in [1.165, 1.54) is 0 Å². The van der Waals surface area contributed by atoms with Gasteiger partial charge in [-0.05, 0) is 35.4 Å². The number of rotatable bonds is 7. The second-order valence-corrected chi connectivity index (χ2v) is 6.43. The Bertz CT molecular complexity index is 756. The summed E-state index contributed by atoms with van der Waals surface area (Å²) in [6.07, 6.45) is 0. The molecule has 0 aliphatic heterocycles. The fraction of sp³-hybridized carbons (Fsp3) is 0.400. The first-order valence-electron chi connectivity index (χ1n) is 8.55. The van der Waals surface area contributed by atoms with Gasteiger partial charge < -0.3 is 15.4 Å². The molecule has 0 saturated heterocycles. The Kier molecular flexibility index (Phi) is 6.39. The van der Waals surface area contributed by atoms with Gasteiger partial charge in [0.15, 0.2) is 0 Å².